The van der Waals surface area contributed by atoms with E-state index in [1.807, 2.05) is 25.1 Å². The molecular weight excluding hydrogens is 218 g/mol. The van der Waals surface area contributed by atoms with Crippen molar-refractivity contribution in [1.82, 2.24) is 5.32 Å². The number of hydrogen-bond acceptors (Lipinski definition) is 2. The summed E-state index contributed by atoms with van der Waals surface area (Å²) in [6, 6.07) is 10.4. The molecule has 3 heteroatoms. The molecule has 88 valence electrons. The smallest absolute Gasteiger partial charge is 0.230 e. The second-order valence-corrected chi connectivity index (χ2v) is 5.07. The van der Waals surface area contributed by atoms with Crippen LogP contribution in [-0.2, 0) is 11.2 Å². The maximum absolute atomic E-state index is 11.5. The number of rotatable bonds is 6. The maximum Gasteiger partial charge on any atom is 0.230 e. The maximum atomic E-state index is 11.5. The summed E-state index contributed by atoms with van der Waals surface area (Å²) in [7, 11) is 0. The van der Waals surface area contributed by atoms with E-state index in [4.69, 9.17) is 0 Å². The lowest BCUT2D eigenvalue weighted by molar-refractivity contribution is -0.119. The predicted octanol–water partition coefficient (Wildman–Crippen LogP) is 2.49. The Balaban J connectivity index is 2.30. The first-order valence-corrected chi connectivity index (χ1v) is 6.79. The highest BCUT2D eigenvalue weighted by Gasteiger charge is 2.07. The van der Waals surface area contributed by atoms with Crippen LogP contribution in [0, 0.1) is 0 Å². The molecule has 1 unspecified atom stereocenters. The van der Waals surface area contributed by atoms with Crippen LogP contribution in [0.2, 0.25) is 0 Å². The van der Waals surface area contributed by atoms with Gasteiger partial charge in [0.15, 0.2) is 0 Å². The highest BCUT2D eigenvalue weighted by molar-refractivity contribution is 7.99. The third-order valence-corrected chi connectivity index (χ3v) is 3.10. The monoisotopic (exact) mass is 237 g/mol. The van der Waals surface area contributed by atoms with Crippen LogP contribution in [0.5, 0.6) is 0 Å². The number of carbonyl (C=O) groups is 1. The number of carbonyl (C=O) groups excluding carboxylic acids is 1. The zero-order valence-corrected chi connectivity index (χ0v) is 10.7. The van der Waals surface area contributed by atoms with Crippen molar-refractivity contribution in [3.05, 3.63) is 35.9 Å². The van der Waals surface area contributed by atoms with Crippen LogP contribution in [0.25, 0.3) is 0 Å². The van der Waals surface area contributed by atoms with Crippen molar-refractivity contribution in [3.8, 4) is 0 Å². The second-order valence-electron chi connectivity index (χ2n) is 3.80. The van der Waals surface area contributed by atoms with Gasteiger partial charge < -0.3 is 5.32 Å². The Morgan fingerprint density at radius 2 is 2.06 bits per heavy atom. The summed E-state index contributed by atoms with van der Waals surface area (Å²) in [6.45, 7) is 4.10. The molecule has 2 nitrogen and oxygen atoms in total. The van der Waals surface area contributed by atoms with E-state index < -0.39 is 0 Å². The summed E-state index contributed by atoms with van der Waals surface area (Å²) >= 11 is 1.65. The van der Waals surface area contributed by atoms with Crippen LogP contribution in [0.4, 0.5) is 0 Å². The Hall–Kier alpha value is -0.960. The quantitative estimate of drug-likeness (QED) is 0.823. The average molecular weight is 237 g/mol. The van der Waals surface area contributed by atoms with E-state index in [9.17, 15) is 4.79 Å². The van der Waals surface area contributed by atoms with Gasteiger partial charge in [-0.25, -0.2) is 0 Å². The van der Waals surface area contributed by atoms with Gasteiger partial charge >= 0.3 is 0 Å². The van der Waals surface area contributed by atoms with E-state index in [1.54, 1.807) is 11.8 Å². The largest absolute Gasteiger partial charge is 0.353 e. The van der Waals surface area contributed by atoms with Gasteiger partial charge in [-0.3, -0.25) is 4.79 Å². The van der Waals surface area contributed by atoms with Crippen molar-refractivity contribution in [1.29, 1.82) is 0 Å². The Kier molecular flexibility index (Phi) is 6.01. The molecule has 1 N–H and O–H groups in total. The zero-order chi connectivity index (χ0) is 11.8. The third-order valence-electron chi connectivity index (χ3n) is 2.23. The second kappa shape index (κ2) is 7.34. The van der Waals surface area contributed by atoms with Crippen molar-refractivity contribution in [2.45, 2.75) is 26.3 Å². The Labute approximate surface area is 102 Å². The third kappa shape index (κ3) is 5.21. The van der Waals surface area contributed by atoms with Gasteiger partial charge in [0.2, 0.25) is 5.91 Å². The number of thioether (sulfide) groups is 1. The van der Waals surface area contributed by atoms with Crippen molar-refractivity contribution >= 4 is 17.7 Å². The molecule has 1 amide bonds. The van der Waals surface area contributed by atoms with Crippen LogP contribution in [0.1, 0.15) is 19.4 Å². The lowest BCUT2D eigenvalue weighted by Gasteiger charge is -2.13. The molecule has 0 spiro atoms. The van der Waals surface area contributed by atoms with Crippen LogP contribution < -0.4 is 5.32 Å². The summed E-state index contributed by atoms with van der Waals surface area (Å²) in [5.41, 5.74) is 1.26. The lowest BCUT2D eigenvalue weighted by Crippen LogP contribution is -2.35. The summed E-state index contributed by atoms with van der Waals surface area (Å²) < 4.78 is 0. The molecule has 1 aromatic carbocycles. The van der Waals surface area contributed by atoms with Crippen molar-refractivity contribution < 1.29 is 4.79 Å². The van der Waals surface area contributed by atoms with Gasteiger partial charge in [0.05, 0.1) is 5.75 Å². The highest BCUT2D eigenvalue weighted by atomic mass is 32.2. The van der Waals surface area contributed by atoms with E-state index >= 15 is 0 Å². The Morgan fingerprint density at radius 3 is 2.69 bits per heavy atom. The molecule has 0 saturated carbocycles. The van der Waals surface area contributed by atoms with Crippen molar-refractivity contribution in [2.24, 2.45) is 0 Å². The molecule has 0 aliphatic rings. The van der Waals surface area contributed by atoms with E-state index in [-0.39, 0.29) is 11.9 Å². The van der Waals surface area contributed by atoms with Crippen LogP contribution >= 0.6 is 11.8 Å². The summed E-state index contributed by atoms with van der Waals surface area (Å²) in [4.78, 5) is 11.5. The molecule has 0 aromatic heterocycles. The minimum atomic E-state index is 0.135. The first-order chi connectivity index (χ1) is 7.72. The number of hydrogen-bond donors (Lipinski definition) is 1. The van der Waals surface area contributed by atoms with Crippen molar-refractivity contribution in [2.75, 3.05) is 11.5 Å². The van der Waals surface area contributed by atoms with Gasteiger partial charge in [0, 0.05) is 6.04 Å². The van der Waals surface area contributed by atoms with Gasteiger partial charge in [-0.05, 0) is 24.7 Å². The van der Waals surface area contributed by atoms with Gasteiger partial charge in [0.25, 0.3) is 0 Å². The molecule has 0 heterocycles. The number of nitrogens with one attached hydrogen (secondary N) is 1. The van der Waals surface area contributed by atoms with Gasteiger partial charge in [0.1, 0.15) is 0 Å². The van der Waals surface area contributed by atoms with Crippen LogP contribution in [0.15, 0.2) is 30.3 Å². The minimum Gasteiger partial charge on any atom is -0.353 e. The Bertz CT molecular complexity index is 313. The normalized spacial score (nSPS) is 12.1. The molecule has 0 saturated heterocycles. The van der Waals surface area contributed by atoms with Gasteiger partial charge in [-0.2, -0.15) is 11.8 Å². The standard InChI is InChI=1S/C13H19NOS/c1-3-16-10-13(15)14-11(2)9-12-7-5-4-6-8-12/h4-8,11H,3,9-10H2,1-2H3,(H,14,15). The molecule has 16 heavy (non-hydrogen) atoms. The average Bonchev–Trinajstić information content (AvgIpc) is 2.27. The molecule has 0 bridgehead atoms. The molecule has 1 aromatic rings. The van der Waals surface area contributed by atoms with Gasteiger partial charge in [-0.1, -0.05) is 37.3 Å². The summed E-state index contributed by atoms with van der Waals surface area (Å²) in [6.07, 6.45) is 0.892. The van der Waals surface area contributed by atoms with Crippen LogP contribution in [0.3, 0.4) is 0 Å². The summed E-state index contributed by atoms with van der Waals surface area (Å²) in [5, 5.41) is 3.00. The van der Waals surface area contributed by atoms with E-state index in [1.165, 1.54) is 5.56 Å². The molecule has 0 fully saturated rings. The molecular formula is C13H19NOS. The SMILES string of the molecule is CCSCC(=O)NC(C)Cc1ccccc1. The molecule has 1 atom stereocenters. The predicted molar refractivity (Wildman–Crippen MR) is 70.7 cm³/mol. The van der Waals surface area contributed by atoms with Crippen LogP contribution in [-0.4, -0.2) is 23.5 Å². The highest BCUT2D eigenvalue weighted by Crippen LogP contribution is 2.03. The lowest BCUT2D eigenvalue weighted by atomic mass is 10.1. The van der Waals surface area contributed by atoms with Crippen molar-refractivity contribution in [3.63, 3.8) is 0 Å². The summed E-state index contributed by atoms with van der Waals surface area (Å²) in [5.74, 6) is 1.69. The topological polar surface area (TPSA) is 29.1 Å². The Morgan fingerprint density at radius 1 is 1.38 bits per heavy atom. The molecule has 0 aliphatic carbocycles. The van der Waals surface area contributed by atoms with E-state index in [0.717, 1.165) is 12.2 Å². The molecule has 0 radical (unpaired) electrons. The fourth-order valence-electron chi connectivity index (χ4n) is 1.53. The number of amides is 1. The number of benzene rings is 1. The van der Waals surface area contributed by atoms with E-state index in [2.05, 4.69) is 24.4 Å². The molecule has 1 rings (SSSR count). The fourth-order valence-corrected chi connectivity index (χ4v) is 2.00. The first kappa shape index (κ1) is 13.1. The molecule has 0 aliphatic heterocycles. The van der Waals surface area contributed by atoms with E-state index in [0.29, 0.717) is 5.75 Å². The minimum absolute atomic E-state index is 0.135. The zero-order valence-electron chi connectivity index (χ0n) is 9.90. The first-order valence-electron chi connectivity index (χ1n) is 5.63. The van der Waals surface area contributed by atoms with Gasteiger partial charge in [-0.15, -0.1) is 0 Å². The fraction of sp³-hybridized carbons (Fsp3) is 0.462.